The van der Waals surface area contributed by atoms with Crippen LogP contribution in [0.4, 0.5) is 0 Å². The molecule has 108 valence electrons. The Morgan fingerprint density at radius 3 is 2.71 bits per heavy atom. The van der Waals surface area contributed by atoms with Gasteiger partial charge in [-0.2, -0.15) is 0 Å². The number of halogens is 1. The van der Waals surface area contributed by atoms with Gasteiger partial charge in [0.25, 0.3) is 0 Å². The molecule has 0 aliphatic carbocycles. The fourth-order valence-corrected chi connectivity index (χ4v) is 2.89. The number of aryl methyl sites for hydroxylation is 1. The minimum atomic E-state index is -0.203. The van der Waals surface area contributed by atoms with Crippen LogP contribution in [0.1, 0.15) is 22.3 Å². The third-order valence-electron chi connectivity index (χ3n) is 3.76. The number of benzene rings is 2. The van der Waals surface area contributed by atoms with Crippen LogP contribution in [-0.4, -0.2) is 22.5 Å². The molecule has 1 aliphatic heterocycles. The second-order valence-electron chi connectivity index (χ2n) is 5.35. The van der Waals surface area contributed by atoms with Gasteiger partial charge in [-0.05, 0) is 36.1 Å². The molecule has 0 fully saturated rings. The first kappa shape index (κ1) is 14.0. The average Bonchev–Trinajstić information content (AvgIpc) is 2.44. The van der Waals surface area contributed by atoms with Gasteiger partial charge in [-0.1, -0.05) is 35.4 Å². The van der Waals surface area contributed by atoms with Crippen LogP contribution in [0.15, 0.2) is 35.3 Å². The number of aromatic hydroxyl groups is 2. The second kappa shape index (κ2) is 5.41. The lowest BCUT2D eigenvalue weighted by atomic mass is 9.92. The number of aliphatic imine (C=N–C) groups is 1. The number of nitrogens with zero attached hydrogens (tertiary/aromatic N) is 1. The highest BCUT2D eigenvalue weighted by Crippen LogP contribution is 2.32. The van der Waals surface area contributed by atoms with Crippen LogP contribution in [-0.2, 0) is 12.8 Å². The molecule has 1 aliphatic rings. The van der Waals surface area contributed by atoms with Gasteiger partial charge in [0.2, 0.25) is 0 Å². The lowest BCUT2D eigenvalue weighted by Gasteiger charge is -2.18. The highest BCUT2D eigenvalue weighted by Gasteiger charge is 2.16. The van der Waals surface area contributed by atoms with Gasteiger partial charge >= 0.3 is 0 Å². The SMILES string of the molecule is Cc1ccc2c(c1)CCN=C2Cc1cc(O)c(O)cc1Cl. The minimum Gasteiger partial charge on any atom is -0.504 e. The summed E-state index contributed by atoms with van der Waals surface area (Å²) in [4.78, 5) is 4.60. The van der Waals surface area contributed by atoms with Crippen LogP contribution in [0.2, 0.25) is 5.02 Å². The van der Waals surface area contributed by atoms with Gasteiger partial charge in [0, 0.05) is 29.8 Å². The zero-order valence-electron chi connectivity index (χ0n) is 11.7. The van der Waals surface area contributed by atoms with E-state index in [0.717, 1.165) is 29.8 Å². The van der Waals surface area contributed by atoms with Crippen molar-refractivity contribution in [1.29, 1.82) is 0 Å². The van der Waals surface area contributed by atoms with Crippen molar-refractivity contribution in [2.75, 3.05) is 6.54 Å². The molecule has 1 heterocycles. The van der Waals surface area contributed by atoms with Gasteiger partial charge in [0.1, 0.15) is 0 Å². The third kappa shape index (κ3) is 2.74. The largest absolute Gasteiger partial charge is 0.504 e. The molecule has 3 rings (SSSR count). The molecular formula is C17H16ClNO2. The molecule has 0 saturated carbocycles. The van der Waals surface area contributed by atoms with Crippen molar-refractivity contribution in [2.24, 2.45) is 4.99 Å². The van der Waals surface area contributed by atoms with Gasteiger partial charge in [0.15, 0.2) is 11.5 Å². The van der Waals surface area contributed by atoms with Crippen LogP contribution >= 0.6 is 11.6 Å². The Labute approximate surface area is 128 Å². The van der Waals surface area contributed by atoms with E-state index in [1.807, 2.05) is 0 Å². The van der Waals surface area contributed by atoms with E-state index in [4.69, 9.17) is 11.6 Å². The molecule has 2 N–H and O–H groups in total. The number of hydrogen-bond acceptors (Lipinski definition) is 3. The Bertz CT molecular complexity index is 738. The maximum atomic E-state index is 9.64. The molecule has 0 radical (unpaired) electrons. The molecule has 0 unspecified atom stereocenters. The first-order valence-electron chi connectivity index (χ1n) is 6.88. The summed E-state index contributed by atoms with van der Waals surface area (Å²) in [7, 11) is 0. The Morgan fingerprint density at radius 1 is 1.14 bits per heavy atom. The summed E-state index contributed by atoms with van der Waals surface area (Å²) in [5.74, 6) is -0.361. The third-order valence-corrected chi connectivity index (χ3v) is 4.11. The predicted molar refractivity (Wildman–Crippen MR) is 84.8 cm³/mol. The zero-order valence-corrected chi connectivity index (χ0v) is 12.5. The highest BCUT2D eigenvalue weighted by molar-refractivity contribution is 6.32. The molecule has 0 aromatic heterocycles. The van der Waals surface area contributed by atoms with Crippen molar-refractivity contribution in [2.45, 2.75) is 19.8 Å². The standard InChI is InChI=1S/C17H16ClNO2/c1-10-2-3-13-11(6-10)4-5-19-15(13)7-12-8-16(20)17(21)9-14(12)18/h2-3,6,8-9,20-21H,4-5,7H2,1H3. The molecule has 0 amide bonds. The first-order chi connectivity index (χ1) is 10.0. The number of phenols is 2. The summed E-state index contributed by atoms with van der Waals surface area (Å²) >= 11 is 6.15. The molecule has 2 aromatic rings. The van der Waals surface area contributed by atoms with Gasteiger partial charge in [-0.25, -0.2) is 0 Å². The smallest absolute Gasteiger partial charge is 0.158 e. The molecule has 21 heavy (non-hydrogen) atoms. The van der Waals surface area contributed by atoms with E-state index in [0.29, 0.717) is 11.4 Å². The molecule has 4 heteroatoms. The second-order valence-corrected chi connectivity index (χ2v) is 5.76. The lowest BCUT2D eigenvalue weighted by molar-refractivity contribution is 0.403. The van der Waals surface area contributed by atoms with Crippen LogP contribution < -0.4 is 0 Å². The topological polar surface area (TPSA) is 52.8 Å². The highest BCUT2D eigenvalue weighted by atomic mass is 35.5. The fourth-order valence-electron chi connectivity index (χ4n) is 2.67. The van der Waals surface area contributed by atoms with Gasteiger partial charge in [0.05, 0.1) is 0 Å². The Morgan fingerprint density at radius 2 is 1.90 bits per heavy atom. The van der Waals surface area contributed by atoms with Crippen molar-refractivity contribution >= 4 is 17.3 Å². The van der Waals surface area contributed by atoms with E-state index in [1.54, 1.807) is 0 Å². The summed E-state index contributed by atoms with van der Waals surface area (Å²) in [6.07, 6.45) is 1.50. The monoisotopic (exact) mass is 301 g/mol. The fraction of sp³-hybridized carbons (Fsp3) is 0.235. The van der Waals surface area contributed by atoms with Crippen molar-refractivity contribution in [3.05, 3.63) is 57.6 Å². The van der Waals surface area contributed by atoms with E-state index in [1.165, 1.54) is 23.3 Å². The molecule has 0 spiro atoms. The van der Waals surface area contributed by atoms with E-state index < -0.39 is 0 Å². The Hall–Kier alpha value is -2.00. The van der Waals surface area contributed by atoms with E-state index in [-0.39, 0.29) is 11.5 Å². The summed E-state index contributed by atoms with van der Waals surface area (Å²) in [5, 5.41) is 19.5. The van der Waals surface area contributed by atoms with Gasteiger partial charge in [-0.3, -0.25) is 4.99 Å². The van der Waals surface area contributed by atoms with Crippen LogP contribution in [0.3, 0.4) is 0 Å². The molecule has 0 saturated heterocycles. The number of rotatable bonds is 2. The molecule has 0 atom stereocenters. The maximum Gasteiger partial charge on any atom is 0.158 e. The predicted octanol–water partition coefficient (Wildman–Crippen LogP) is 3.65. The van der Waals surface area contributed by atoms with Gasteiger partial charge < -0.3 is 10.2 Å². The Kier molecular flexibility index (Phi) is 3.60. The van der Waals surface area contributed by atoms with Crippen molar-refractivity contribution in [3.63, 3.8) is 0 Å². The van der Waals surface area contributed by atoms with Crippen molar-refractivity contribution in [1.82, 2.24) is 0 Å². The van der Waals surface area contributed by atoms with Crippen LogP contribution in [0, 0.1) is 6.92 Å². The minimum absolute atomic E-state index is 0.157. The quantitative estimate of drug-likeness (QED) is 0.832. The lowest BCUT2D eigenvalue weighted by Crippen LogP contribution is -2.15. The average molecular weight is 302 g/mol. The van der Waals surface area contributed by atoms with Crippen molar-refractivity contribution in [3.8, 4) is 11.5 Å². The van der Waals surface area contributed by atoms with E-state index >= 15 is 0 Å². The van der Waals surface area contributed by atoms with E-state index in [9.17, 15) is 10.2 Å². The summed E-state index contributed by atoms with van der Waals surface area (Å²) in [5.41, 5.74) is 5.44. The molecular weight excluding hydrogens is 286 g/mol. The maximum absolute atomic E-state index is 9.64. The van der Waals surface area contributed by atoms with Gasteiger partial charge in [-0.15, -0.1) is 0 Å². The normalized spacial score (nSPS) is 13.7. The molecule has 0 bridgehead atoms. The summed E-state index contributed by atoms with van der Waals surface area (Å²) < 4.78 is 0. The molecule has 2 aromatic carbocycles. The van der Waals surface area contributed by atoms with Crippen LogP contribution in [0.25, 0.3) is 0 Å². The van der Waals surface area contributed by atoms with Crippen LogP contribution in [0.5, 0.6) is 11.5 Å². The zero-order chi connectivity index (χ0) is 15.0. The number of fused-ring (bicyclic) bond motifs is 1. The first-order valence-corrected chi connectivity index (χ1v) is 7.26. The Balaban J connectivity index is 1.96. The number of hydrogen-bond donors (Lipinski definition) is 2. The summed E-state index contributed by atoms with van der Waals surface area (Å²) in [6.45, 7) is 2.86. The molecule has 3 nitrogen and oxygen atoms in total. The summed E-state index contributed by atoms with van der Waals surface area (Å²) in [6, 6.07) is 9.24. The van der Waals surface area contributed by atoms with Crippen molar-refractivity contribution < 1.29 is 10.2 Å². The van der Waals surface area contributed by atoms with E-state index in [2.05, 4.69) is 30.1 Å². The number of phenolic OH excluding ortho intramolecular Hbond substituents is 2.